The van der Waals surface area contributed by atoms with E-state index in [-0.39, 0.29) is 6.10 Å². The van der Waals surface area contributed by atoms with Gasteiger partial charge in [-0.1, -0.05) is 30.8 Å². The van der Waals surface area contributed by atoms with E-state index < -0.39 is 0 Å². The van der Waals surface area contributed by atoms with Gasteiger partial charge in [0.1, 0.15) is 5.76 Å². The molecule has 2 aliphatic rings. The van der Waals surface area contributed by atoms with Crippen LogP contribution in [0.1, 0.15) is 40.6 Å². The van der Waals surface area contributed by atoms with Crippen LogP contribution in [0.15, 0.2) is 29.2 Å². The maximum Gasteiger partial charge on any atom is 0.127 e. The summed E-state index contributed by atoms with van der Waals surface area (Å²) in [6.45, 7) is 6.59. The molecule has 3 nitrogen and oxygen atoms in total. The number of ether oxygens (including phenoxy) is 2. The van der Waals surface area contributed by atoms with Crippen LogP contribution in [0.4, 0.5) is 0 Å². The predicted octanol–water partition coefficient (Wildman–Crippen LogP) is 5.27. The highest BCUT2D eigenvalue weighted by Crippen LogP contribution is 2.43. The third-order valence-electron chi connectivity index (χ3n) is 5.66. The maximum atomic E-state index is 5.89. The summed E-state index contributed by atoms with van der Waals surface area (Å²) in [5, 5.41) is 0. The fourth-order valence-corrected chi connectivity index (χ4v) is 5.41. The lowest BCUT2D eigenvalue weighted by Crippen LogP contribution is -2.25. The highest BCUT2D eigenvalue weighted by atomic mass is 32.1. The van der Waals surface area contributed by atoms with Gasteiger partial charge in [0.25, 0.3) is 0 Å². The lowest BCUT2D eigenvalue weighted by atomic mass is 9.92. The first-order valence-electron chi connectivity index (χ1n) is 9.32. The van der Waals surface area contributed by atoms with E-state index >= 15 is 0 Å². The van der Waals surface area contributed by atoms with Gasteiger partial charge in [0.15, 0.2) is 0 Å². The molecule has 2 unspecified atom stereocenters. The third-order valence-corrected chi connectivity index (χ3v) is 7.81. The van der Waals surface area contributed by atoms with Crippen LogP contribution in [-0.4, -0.2) is 44.2 Å². The van der Waals surface area contributed by atoms with Crippen LogP contribution in [0.2, 0.25) is 0 Å². The molecular weight excluding hydrogens is 374 g/mol. The summed E-state index contributed by atoms with van der Waals surface area (Å²) in [6.07, 6.45) is 6.33. The summed E-state index contributed by atoms with van der Waals surface area (Å²) in [4.78, 5) is 5.65. The van der Waals surface area contributed by atoms with E-state index in [9.17, 15) is 0 Å². The first-order valence-corrected chi connectivity index (χ1v) is 10.5. The fourth-order valence-electron chi connectivity index (χ4n) is 3.54. The summed E-state index contributed by atoms with van der Waals surface area (Å²) in [6, 6.07) is 0. The molecule has 0 radical (unpaired) electrons. The average molecular weight is 404 g/mol. The third kappa shape index (κ3) is 3.78. The van der Waals surface area contributed by atoms with Crippen molar-refractivity contribution < 1.29 is 9.47 Å². The van der Waals surface area contributed by atoms with Crippen LogP contribution in [0, 0.1) is 19.8 Å². The van der Waals surface area contributed by atoms with Crippen LogP contribution in [0.3, 0.4) is 0 Å². The smallest absolute Gasteiger partial charge is 0.127 e. The second-order valence-electron chi connectivity index (χ2n) is 7.52. The van der Waals surface area contributed by atoms with E-state index in [1.165, 1.54) is 32.2 Å². The zero-order valence-corrected chi connectivity index (χ0v) is 18.9. The van der Waals surface area contributed by atoms with Crippen molar-refractivity contribution in [1.82, 2.24) is 4.90 Å². The van der Waals surface area contributed by atoms with Crippen LogP contribution >= 0.6 is 23.6 Å². The molecule has 0 N–H and O–H groups in total. The minimum Gasteiger partial charge on any atom is -0.496 e. The van der Waals surface area contributed by atoms with E-state index in [2.05, 4.69) is 51.9 Å². The van der Waals surface area contributed by atoms with Gasteiger partial charge in [0, 0.05) is 59.4 Å². The summed E-state index contributed by atoms with van der Waals surface area (Å²) in [5.74, 6) is 1.24. The molecule has 0 spiro atoms. The van der Waals surface area contributed by atoms with Gasteiger partial charge in [0.05, 0.1) is 13.2 Å². The average Bonchev–Trinajstić information content (AvgIpc) is 3.47. The van der Waals surface area contributed by atoms with Crippen LogP contribution < -0.4 is 0 Å². The molecule has 0 bridgehead atoms. The molecule has 0 aliphatic heterocycles. The van der Waals surface area contributed by atoms with Crippen molar-refractivity contribution in [1.29, 1.82) is 0 Å². The summed E-state index contributed by atoms with van der Waals surface area (Å²) in [5.41, 5.74) is 6.38. The van der Waals surface area contributed by atoms with E-state index in [1.54, 1.807) is 25.6 Å². The second-order valence-corrected chi connectivity index (χ2v) is 8.98. The Morgan fingerprint density at radius 1 is 1.26 bits per heavy atom. The normalized spacial score (nSPS) is 20.2. The number of rotatable bonds is 7. The number of thiophene rings is 1. The monoisotopic (exact) mass is 403 g/mol. The molecule has 146 valence electrons. The van der Waals surface area contributed by atoms with Gasteiger partial charge in [-0.25, -0.2) is 0 Å². The number of allylic oxidation sites excluding steroid dienone is 3. The lowest BCUT2D eigenvalue weighted by Gasteiger charge is -2.30. The largest absolute Gasteiger partial charge is 0.496 e. The Hall–Kier alpha value is -1.43. The van der Waals surface area contributed by atoms with Gasteiger partial charge in [0.2, 0.25) is 0 Å². The molecule has 27 heavy (non-hydrogen) atoms. The molecule has 1 aromatic heterocycles. The second kappa shape index (κ2) is 7.90. The summed E-state index contributed by atoms with van der Waals surface area (Å²) >= 11 is 7.66. The van der Waals surface area contributed by atoms with Crippen molar-refractivity contribution in [3.8, 4) is 0 Å². The highest BCUT2D eigenvalue weighted by Gasteiger charge is 2.31. The quantitative estimate of drug-likeness (QED) is 0.351. The molecule has 1 aromatic rings. The van der Waals surface area contributed by atoms with Crippen molar-refractivity contribution in [3.63, 3.8) is 0 Å². The first kappa shape index (κ1) is 20.3. The van der Waals surface area contributed by atoms with Gasteiger partial charge < -0.3 is 14.4 Å². The van der Waals surface area contributed by atoms with Crippen molar-refractivity contribution in [2.24, 2.45) is 5.92 Å². The van der Waals surface area contributed by atoms with E-state index in [4.69, 9.17) is 21.7 Å². The van der Waals surface area contributed by atoms with Crippen molar-refractivity contribution >= 4 is 34.0 Å². The zero-order valence-electron chi connectivity index (χ0n) is 17.3. The van der Waals surface area contributed by atoms with Gasteiger partial charge in [-0.2, -0.15) is 0 Å². The van der Waals surface area contributed by atoms with Crippen LogP contribution in [0.5, 0.6) is 0 Å². The minimum absolute atomic E-state index is 0.0240. The Morgan fingerprint density at radius 3 is 2.44 bits per heavy atom. The predicted molar refractivity (Wildman–Crippen MR) is 118 cm³/mol. The van der Waals surface area contributed by atoms with Crippen molar-refractivity contribution in [3.05, 3.63) is 50.1 Å². The lowest BCUT2D eigenvalue weighted by molar-refractivity contribution is 0.136. The molecule has 1 heterocycles. The Morgan fingerprint density at radius 2 is 1.93 bits per heavy atom. The molecule has 0 saturated heterocycles. The molecule has 0 amide bonds. The molecule has 2 aliphatic carbocycles. The number of hydrogen-bond donors (Lipinski definition) is 0. The number of nitrogens with zero attached hydrogens (tertiary/aromatic N) is 1. The zero-order chi connectivity index (χ0) is 19.9. The Kier molecular flexibility index (Phi) is 5.94. The summed E-state index contributed by atoms with van der Waals surface area (Å²) < 4.78 is 11.7. The molecule has 2 atom stereocenters. The highest BCUT2D eigenvalue weighted by molar-refractivity contribution is 7.81. The van der Waals surface area contributed by atoms with E-state index in [1.807, 2.05) is 0 Å². The Bertz CT molecular complexity index is 858. The van der Waals surface area contributed by atoms with Crippen molar-refractivity contribution in [2.45, 2.75) is 39.7 Å². The topological polar surface area (TPSA) is 21.7 Å². The van der Waals surface area contributed by atoms with Gasteiger partial charge >= 0.3 is 0 Å². The molecular formula is C22H29NO2S2. The first-order chi connectivity index (χ1) is 12.8. The molecule has 5 heteroatoms. The Balaban J connectivity index is 2.09. The SMILES string of the molecule is COC1=C(c2sc(C(=S)C(C)C3=CC3)c(C)c2C)C(OC)CC(N(C)C)=C1. The maximum absolute atomic E-state index is 5.89. The molecule has 0 aromatic carbocycles. The van der Waals surface area contributed by atoms with Gasteiger partial charge in [-0.15, -0.1) is 11.3 Å². The van der Waals surface area contributed by atoms with E-state index in [0.29, 0.717) is 5.92 Å². The Labute approximate surface area is 172 Å². The van der Waals surface area contributed by atoms with Gasteiger partial charge in [-0.3, -0.25) is 0 Å². The fraction of sp³-hybridized carbons (Fsp3) is 0.500. The van der Waals surface area contributed by atoms with Gasteiger partial charge in [-0.05, 0) is 37.5 Å². The number of methoxy groups -OCH3 is 2. The van der Waals surface area contributed by atoms with E-state index in [0.717, 1.165) is 29.0 Å². The van der Waals surface area contributed by atoms with Crippen LogP contribution in [0.25, 0.3) is 5.57 Å². The minimum atomic E-state index is -0.0240. The standard InChI is InChI=1S/C22H29NO2S2/c1-12-13(2)22(20(26)14(3)15-8-9-15)27-21(12)19-17(24-6)10-16(23(4)5)11-18(19)25-7/h8,10,14,18H,9,11H2,1-7H3. The molecule has 0 saturated carbocycles. The van der Waals surface area contributed by atoms with Crippen molar-refractivity contribution in [2.75, 3.05) is 28.3 Å². The number of thiocarbonyl (C=S) groups is 1. The molecule has 3 rings (SSSR count). The number of hydrogen-bond acceptors (Lipinski definition) is 5. The summed E-state index contributed by atoms with van der Waals surface area (Å²) in [7, 11) is 7.63. The van der Waals surface area contributed by atoms with Crippen LogP contribution in [-0.2, 0) is 9.47 Å². The molecule has 0 fully saturated rings.